The number of aromatic nitrogens is 1. The molecule has 0 unspecified atom stereocenters. The Bertz CT molecular complexity index is 743. The van der Waals surface area contributed by atoms with Crippen molar-refractivity contribution in [3.05, 3.63) is 29.8 Å². The van der Waals surface area contributed by atoms with Crippen LogP contribution in [-0.2, 0) is 7.05 Å². The minimum atomic E-state index is 0.605. The lowest BCUT2D eigenvalue weighted by Gasteiger charge is -1.95. The molecular weight excluding hydrogens is 218 g/mol. The number of anilines is 1. The average Bonchev–Trinajstić information content (AvgIpc) is 2.76. The zero-order valence-corrected chi connectivity index (χ0v) is 9.51. The zero-order valence-electron chi connectivity index (χ0n) is 8.69. The highest BCUT2D eigenvalue weighted by molar-refractivity contribution is 7.22. The van der Waals surface area contributed by atoms with Gasteiger partial charge in [0.2, 0.25) is 0 Å². The molecule has 0 radical (unpaired) electrons. The summed E-state index contributed by atoms with van der Waals surface area (Å²) in [6.07, 6.45) is 0. The van der Waals surface area contributed by atoms with Gasteiger partial charge in [-0.25, -0.2) is 0 Å². The molecule has 0 saturated heterocycles. The highest BCUT2D eigenvalue weighted by Gasteiger charge is 2.16. The van der Waals surface area contributed by atoms with E-state index < -0.39 is 0 Å². The van der Waals surface area contributed by atoms with E-state index in [9.17, 15) is 0 Å². The summed E-state index contributed by atoms with van der Waals surface area (Å²) in [6.45, 7) is 0. The van der Waals surface area contributed by atoms with Gasteiger partial charge in [0.05, 0.1) is 5.56 Å². The minimum Gasteiger partial charge on any atom is -0.389 e. The van der Waals surface area contributed by atoms with Gasteiger partial charge in [0.1, 0.15) is 15.9 Å². The van der Waals surface area contributed by atoms with E-state index in [1.165, 1.54) is 11.3 Å². The number of rotatable bonds is 0. The molecule has 2 heterocycles. The van der Waals surface area contributed by atoms with Crippen LogP contribution in [0.4, 0.5) is 5.00 Å². The third-order valence-electron chi connectivity index (χ3n) is 2.87. The first-order valence-corrected chi connectivity index (χ1v) is 5.71. The van der Waals surface area contributed by atoms with Gasteiger partial charge < -0.3 is 10.3 Å². The molecule has 0 fully saturated rings. The molecule has 78 valence electrons. The van der Waals surface area contributed by atoms with Crippen LogP contribution < -0.4 is 5.73 Å². The number of para-hydroxylation sites is 1. The quantitative estimate of drug-likeness (QED) is 0.642. The normalized spacial score (nSPS) is 11.0. The van der Waals surface area contributed by atoms with E-state index in [2.05, 4.69) is 16.7 Å². The van der Waals surface area contributed by atoms with E-state index in [1.807, 2.05) is 25.2 Å². The number of nitriles is 1. The third-order valence-corrected chi connectivity index (χ3v) is 3.96. The molecule has 2 N–H and O–H groups in total. The van der Waals surface area contributed by atoms with Crippen LogP contribution in [0.25, 0.3) is 21.1 Å². The molecule has 3 nitrogen and oxygen atoms in total. The van der Waals surface area contributed by atoms with Gasteiger partial charge >= 0.3 is 0 Å². The van der Waals surface area contributed by atoms with Crippen molar-refractivity contribution < 1.29 is 0 Å². The van der Waals surface area contributed by atoms with Crippen LogP contribution >= 0.6 is 11.3 Å². The van der Waals surface area contributed by atoms with Crippen molar-refractivity contribution in [1.82, 2.24) is 4.57 Å². The number of benzene rings is 1. The molecule has 3 rings (SSSR count). The molecule has 4 heteroatoms. The average molecular weight is 227 g/mol. The Morgan fingerprint density at radius 3 is 2.88 bits per heavy atom. The van der Waals surface area contributed by atoms with Gasteiger partial charge in [0, 0.05) is 23.3 Å². The van der Waals surface area contributed by atoms with Gasteiger partial charge in [-0.1, -0.05) is 29.5 Å². The Balaban J connectivity index is 2.68. The van der Waals surface area contributed by atoms with Crippen LogP contribution in [0.15, 0.2) is 24.3 Å². The molecule has 3 aromatic rings. The van der Waals surface area contributed by atoms with Gasteiger partial charge in [-0.2, -0.15) is 5.26 Å². The summed E-state index contributed by atoms with van der Waals surface area (Å²) in [4.78, 5) is 1.07. The third kappa shape index (κ3) is 0.957. The smallest absolute Gasteiger partial charge is 0.107 e. The second-order valence-corrected chi connectivity index (χ2v) is 4.74. The minimum absolute atomic E-state index is 0.605. The van der Waals surface area contributed by atoms with E-state index in [4.69, 9.17) is 11.0 Å². The standard InChI is InChI=1S/C12H9N3S/c1-15-9-5-3-2-4-7(9)10-8(6-13)11(14)16-12(10)15/h2-5H,14H2,1H3. The topological polar surface area (TPSA) is 54.7 Å². The van der Waals surface area contributed by atoms with Crippen LogP contribution in [-0.4, -0.2) is 4.57 Å². The van der Waals surface area contributed by atoms with Crippen molar-refractivity contribution in [2.75, 3.05) is 5.73 Å². The number of fused-ring (bicyclic) bond motifs is 3. The van der Waals surface area contributed by atoms with Gasteiger partial charge in [-0.05, 0) is 6.07 Å². The fourth-order valence-electron chi connectivity index (χ4n) is 2.12. The van der Waals surface area contributed by atoms with E-state index in [0.717, 1.165) is 21.1 Å². The van der Waals surface area contributed by atoms with Crippen molar-refractivity contribution >= 4 is 37.5 Å². The number of aryl methyl sites for hydroxylation is 1. The molecule has 0 bridgehead atoms. The van der Waals surface area contributed by atoms with Crippen molar-refractivity contribution in [3.8, 4) is 6.07 Å². The Morgan fingerprint density at radius 2 is 2.12 bits per heavy atom. The molecule has 1 aromatic carbocycles. The highest BCUT2D eigenvalue weighted by Crippen LogP contribution is 2.39. The summed E-state index contributed by atoms with van der Waals surface area (Å²) in [5.74, 6) is 0. The summed E-state index contributed by atoms with van der Waals surface area (Å²) in [7, 11) is 2.00. The second kappa shape index (κ2) is 3.00. The Hall–Kier alpha value is -1.99. The molecule has 0 aliphatic carbocycles. The van der Waals surface area contributed by atoms with Crippen LogP contribution in [0, 0.1) is 11.3 Å². The van der Waals surface area contributed by atoms with Crippen LogP contribution in [0.1, 0.15) is 5.56 Å². The largest absolute Gasteiger partial charge is 0.389 e. The van der Waals surface area contributed by atoms with Crippen LogP contribution in [0.5, 0.6) is 0 Å². The van der Waals surface area contributed by atoms with Gasteiger partial charge in [0.25, 0.3) is 0 Å². The number of hydrogen-bond donors (Lipinski definition) is 1. The summed E-state index contributed by atoms with van der Waals surface area (Å²) in [6, 6.07) is 10.3. The molecule has 0 aliphatic rings. The monoisotopic (exact) mass is 227 g/mol. The summed E-state index contributed by atoms with van der Waals surface area (Å²) in [5.41, 5.74) is 7.60. The Labute approximate surface area is 96.3 Å². The first-order chi connectivity index (χ1) is 7.74. The van der Waals surface area contributed by atoms with Gasteiger partial charge in [-0.15, -0.1) is 0 Å². The van der Waals surface area contributed by atoms with E-state index in [0.29, 0.717) is 10.6 Å². The Morgan fingerprint density at radius 1 is 1.38 bits per heavy atom. The molecule has 0 spiro atoms. The lowest BCUT2D eigenvalue weighted by Crippen LogP contribution is -1.84. The maximum Gasteiger partial charge on any atom is 0.107 e. The van der Waals surface area contributed by atoms with Crippen molar-refractivity contribution in [2.45, 2.75) is 0 Å². The van der Waals surface area contributed by atoms with E-state index in [1.54, 1.807) is 0 Å². The van der Waals surface area contributed by atoms with Gasteiger partial charge in [0.15, 0.2) is 0 Å². The molecule has 0 saturated carbocycles. The van der Waals surface area contributed by atoms with E-state index >= 15 is 0 Å². The van der Waals surface area contributed by atoms with Gasteiger partial charge in [-0.3, -0.25) is 0 Å². The molecular formula is C12H9N3S. The first-order valence-electron chi connectivity index (χ1n) is 4.89. The van der Waals surface area contributed by atoms with Crippen molar-refractivity contribution in [2.24, 2.45) is 7.05 Å². The second-order valence-electron chi connectivity index (χ2n) is 3.71. The number of nitrogen functional groups attached to an aromatic ring is 1. The molecule has 2 aromatic heterocycles. The molecule has 16 heavy (non-hydrogen) atoms. The molecule has 0 aliphatic heterocycles. The lowest BCUT2D eigenvalue weighted by atomic mass is 10.1. The fourth-order valence-corrected chi connectivity index (χ4v) is 3.13. The predicted octanol–water partition coefficient (Wildman–Crippen LogP) is 2.85. The van der Waals surface area contributed by atoms with Crippen molar-refractivity contribution in [1.29, 1.82) is 5.26 Å². The maximum absolute atomic E-state index is 9.14. The SMILES string of the molecule is Cn1c2ccccc2c2c(C#N)c(N)sc21. The van der Waals surface area contributed by atoms with Crippen LogP contribution in [0.3, 0.4) is 0 Å². The molecule has 0 amide bonds. The molecule has 0 atom stereocenters. The highest BCUT2D eigenvalue weighted by atomic mass is 32.1. The summed E-state index contributed by atoms with van der Waals surface area (Å²) < 4.78 is 2.09. The maximum atomic E-state index is 9.14. The number of nitrogens with two attached hydrogens (primary N) is 1. The van der Waals surface area contributed by atoms with Crippen LogP contribution in [0.2, 0.25) is 0 Å². The number of nitrogens with zero attached hydrogens (tertiary/aromatic N) is 2. The fraction of sp³-hybridized carbons (Fsp3) is 0.0833. The predicted molar refractivity (Wildman–Crippen MR) is 67.4 cm³/mol. The summed E-state index contributed by atoms with van der Waals surface area (Å²) >= 11 is 1.47. The first kappa shape index (κ1) is 9.25. The summed E-state index contributed by atoms with van der Waals surface area (Å²) in [5, 5.41) is 11.8. The zero-order chi connectivity index (χ0) is 11.3. The van der Waals surface area contributed by atoms with E-state index in [-0.39, 0.29) is 0 Å². The number of thiophene rings is 1. The van der Waals surface area contributed by atoms with Crippen molar-refractivity contribution in [3.63, 3.8) is 0 Å². The lowest BCUT2D eigenvalue weighted by molar-refractivity contribution is 1.02. The Kier molecular flexibility index (Phi) is 1.73. The number of hydrogen-bond acceptors (Lipinski definition) is 3.